The van der Waals surface area contributed by atoms with Crippen LogP contribution in [-0.4, -0.2) is 9.78 Å². The predicted molar refractivity (Wildman–Crippen MR) is 74.3 cm³/mol. The number of aromatic nitrogens is 2. The van der Waals surface area contributed by atoms with Gasteiger partial charge < -0.3 is 5.73 Å². The van der Waals surface area contributed by atoms with Crippen LogP contribution in [0.4, 0.5) is 4.39 Å². The molecule has 1 aromatic heterocycles. The first-order chi connectivity index (χ1) is 8.94. The van der Waals surface area contributed by atoms with Crippen LogP contribution in [0.15, 0.2) is 30.3 Å². The van der Waals surface area contributed by atoms with Crippen molar-refractivity contribution in [2.45, 2.75) is 39.3 Å². The van der Waals surface area contributed by atoms with Crippen LogP contribution < -0.4 is 5.73 Å². The third-order valence-corrected chi connectivity index (χ3v) is 3.32. The van der Waals surface area contributed by atoms with E-state index in [1.807, 2.05) is 37.6 Å². The fraction of sp³-hybridized carbons (Fsp3) is 0.400. The van der Waals surface area contributed by atoms with Gasteiger partial charge in [-0.2, -0.15) is 5.10 Å². The van der Waals surface area contributed by atoms with E-state index >= 15 is 0 Å². The lowest BCUT2D eigenvalue weighted by molar-refractivity contribution is 0.438. The molecule has 0 aliphatic carbocycles. The molecule has 2 N–H and O–H groups in total. The second-order valence-electron chi connectivity index (χ2n) is 5.17. The van der Waals surface area contributed by atoms with Crippen molar-refractivity contribution in [3.8, 4) is 0 Å². The number of rotatable bonds is 4. The van der Waals surface area contributed by atoms with E-state index < -0.39 is 5.54 Å². The van der Waals surface area contributed by atoms with Gasteiger partial charge >= 0.3 is 0 Å². The van der Waals surface area contributed by atoms with Gasteiger partial charge in [0.15, 0.2) is 0 Å². The molecule has 1 atom stereocenters. The van der Waals surface area contributed by atoms with Crippen LogP contribution in [0.25, 0.3) is 0 Å². The first-order valence-electron chi connectivity index (χ1n) is 6.51. The molecule has 0 amide bonds. The number of hydrogen-bond donors (Lipinski definition) is 1. The molecule has 19 heavy (non-hydrogen) atoms. The lowest BCUT2D eigenvalue weighted by Crippen LogP contribution is -2.37. The zero-order chi connectivity index (χ0) is 14.0. The summed E-state index contributed by atoms with van der Waals surface area (Å²) in [6, 6.07) is 8.69. The van der Waals surface area contributed by atoms with Gasteiger partial charge in [0, 0.05) is 29.8 Å². The Balaban J connectivity index is 2.33. The summed E-state index contributed by atoms with van der Waals surface area (Å²) in [4.78, 5) is 0. The highest BCUT2D eigenvalue weighted by molar-refractivity contribution is 5.27. The summed E-state index contributed by atoms with van der Waals surface area (Å²) < 4.78 is 15.8. The summed E-state index contributed by atoms with van der Waals surface area (Å²) >= 11 is 0. The Morgan fingerprint density at radius 3 is 2.68 bits per heavy atom. The van der Waals surface area contributed by atoms with Crippen molar-refractivity contribution in [2.24, 2.45) is 5.73 Å². The van der Waals surface area contributed by atoms with Crippen LogP contribution in [0.5, 0.6) is 0 Å². The van der Waals surface area contributed by atoms with E-state index in [1.54, 1.807) is 12.1 Å². The van der Waals surface area contributed by atoms with E-state index in [0.29, 0.717) is 12.0 Å². The Labute approximate surface area is 113 Å². The minimum Gasteiger partial charge on any atom is -0.321 e. The summed E-state index contributed by atoms with van der Waals surface area (Å²) in [5, 5.41) is 4.40. The van der Waals surface area contributed by atoms with Crippen LogP contribution in [0, 0.1) is 12.7 Å². The minimum atomic E-state index is -0.745. The molecule has 3 nitrogen and oxygen atoms in total. The van der Waals surface area contributed by atoms with Gasteiger partial charge in [-0.05, 0) is 32.9 Å². The van der Waals surface area contributed by atoms with Crippen molar-refractivity contribution in [1.29, 1.82) is 0 Å². The van der Waals surface area contributed by atoms with E-state index in [9.17, 15) is 4.39 Å². The lowest BCUT2D eigenvalue weighted by Gasteiger charge is -2.26. The van der Waals surface area contributed by atoms with Crippen LogP contribution in [0.2, 0.25) is 0 Å². The van der Waals surface area contributed by atoms with Gasteiger partial charge in [-0.15, -0.1) is 0 Å². The summed E-state index contributed by atoms with van der Waals surface area (Å²) in [6.45, 7) is 6.63. The molecule has 0 fully saturated rings. The normalized spacial score (nSPS) is 14.4. The molecular weight excluding hydrogens is 241 g/mol. The standard InChI is InChI=1S/C15H20FN3/c1-4-19-12(9-11(2)18-19)10-15(3,17)13-7-5-6-8-14(13)16/h5-9H,4,10,17H2,1-3H3. The topological polar surface area (TPSA) is 43.8 Å². The van der Waals surface area contributed by atoms with Gasteiger partial charge in [-0.1, -0.05) is 18.2 Å². The second-order valence-corrected chi connectivity index (χ2v) is 5.17. The van der Waals surface area contributed by atoms with E-state index in [2.05, 4.69) is 5.10 Å². The Morgan fingerprint density at radius 1 is 1.37 bits per heavy atom. The van der Waals surface area contributed by atoms with Gasteiger partial charge in [-0.3, -0.25) is 4.68 Å². The molecule has 0 radical (unpaired) electrons. The average Bonchev–Trinajstić information content (AvgIpc) is 2.69. The van der Waals surface area contributed by atoms with Gasteiger partial charge in [0.25, 0.3) is 0 Å². The van der Waals surface area contributed by atoms with E-state index in [1.165, 1.54) is 6.07 Å². The maximum absolute atomic E-state index is 13.9. The number of nitrogens with zero attached hydrogens (tertiary/aromatic N) is 2. The maximum Gasteiger partial charge on any atom is 0.128 e. The summed E-state index contributed by atoms with van der Waals surface area (Å²) in [6.07, 6.45) is 0.558. The second kappa shape index (κ2) is 5.13. The summed E-state index contributed by atoms with van der Waals surface area (Å²) in [7, 11) is 0. The van der Waals surface area contributed by atoms with Crippen LogP contribution in [0.3, 0.4) is 0 Å². The van der Waals surface area contributed by atoms with Gasteiger partial charge in [0.05, 0.1) is 5.69 Å². The minimum absolute atomic E-state index is 0.258. The predicted octanol–water partition coefficient (Wildman–Crippen LogP) is 2.77. The molecule has 0 bridgehead atoms. The molecule has 2 rings (SSSR count). The molecule has 0 saturated heterocycles. The van der Waals surface area contributed by atoms with Crippen LogP contribution in [0.1, 0.15) is 30.8 Å². The number of halogens is 1. The molecule has 0 saturated carbocycles. The number of aryl methyl sites for hydroxylation is 2. The monoisotopic (exact) mass is 261 g/mol. The van der Waals surface area contributed by atoms with Crippen molar-refractivity contribution in [3.63, 3.8) is 0 Å². The Bertz CT molecular complexity index is 573. The highest BCUT2D eigenvalue weighted by Gasteiger charge is 2.26. The highest BCUT2D eigenvalue weighted by Crippen LogP contribution is 2.25. The number of benzene rings is 1. The van der Waals surface area contributed by atoms with Gasteiger partial charge in [0.2, 0.25) is 0 Å². The quantitative estimate of drug-likeness (QED) is 0.919. The SMILES string of the molecule is CCn1nc(C)cc1CC(C)(N)c1ccccc1F. The molecule has 4 heteroatoms. The third kappa shape index (κ3) is 2.84. The Kier molecular flexibility index (Phi) is 3.71. The summed E-state index contributed by atoms with van der Waals surface area (Å²) in [5.74, 6) is -0.258. The Morgan fingerprint density at radius 2 is 2.05 bits per heavy atom. The largest absolute Gasteiger partial charge is 0.321 e. The van der Waals surface area contributed by atoms with Crippen molar-refractivity contribution in [1.82, 2.24) is 9.78 Å². The van der Waals surface area contributed by atoms with Crippen LogP contribution in [-0.2, 0) is 18.5 Å². The fourth-order valence-electron chi connectivity index (χ4n) is 2.41. The Hall–Kier alpha value is -1.68. The molecule has 1 aromatic carbocycles. The number of hydrogen-bond acceptors (Lipinski definition) is 2. The maximum atomic E-state index is 13.9. The van der Waals surface area contributed by atoms with Crippen molar-refractivity contribution >= 4 is 0 Å². The molecule has 2 aromatic rings. The van der Waals surface area contributed by atoms with Crippen LogP contribution >= 0.6 is 0 Å². The van der Waals surface area contributed by atoms with Crippen molar-refractivity contribution < 1.29 is 4.39 Å². The zero-order valence-electron chi connectivity index (χ0n) is 11.7. The van der Waals surface area contributed by atoms with E-state index in [-0.39, 0.29) is 5.82 Å². The highest BCUT2D eigenvalue weighted by atomic mass is 19.1. The molecule has 0 aliphatic rings. The average molecular weight is 261 g/mol. The molecule has 1 heterocycles. The van der Waals surface area contributed by atoms with E-state index in [4.69, 9.17) is 5.73 Å². The third-order valence-electron chi connectivity index (χ3n) is 3.32. The summed E-state index contributed by atoms with van der Waals surface area (Å²) in [5.41, 5.74) is 8.11. The first kappa shape index (κ1) is 13.7. The fourth-order valence-corrected chi connectivity index (χ4v) is 2.41. The lowest BCUT2D eigenvalue weighted by atomic mass is 9.88. The van der Waals surface area contributed by atoms with Crippen molar-refractivity contribution in [3.05, 3.63) is 53.1 Å². The van der Waals surface area contributed by atoms with E-state index in [0.717, 1.165) is 17.9 Å². The molecule has 0 spiro atoms. The molecular formula is C15H20FN3. The first-order valence-corrected chi connectivity index (χ1v) is 6.51. The number of nitrogens with two attached hydrogens (primary N) is 1. The van der Waals surface area contributed by atoms with Crippen molar-refractivity contribution in [2.75, 3.05) is 0 Å². The molecule has 1 unspecified atom stereocenters. The molecule has 0 aliphatic heterocycles. The zero-order valence-corrected chi connectivity index (χ0v) is 11.7. The molecule has 102 valence electrons. The van der Waals surface area contributed by atoms with Gasteiger partial charge in [0.1, 0.15) is 5.82 Å². The van der Waals surface area contributed by atoms with Gasteiger partial charge in [-0.25, -0.2) is 4.39 Å². The smallest absolute Gasteiger partial charge is 0.128 e.